The molecule has 0 aromatic heterocycles. The van der Waals surface area contributed by atoms with E-state index in [4.69, 9.17) is 5.11 Å². The first kappa shape index (κ1) is 14.2. The normalized spacial score (nSPS) is 12.0. The first-order chi connectivity index (χ1) is 8.32. The maximum absolute atomic E-state index is 12.0. The lowest BCUT2D eigenvalue weighted by atomic mass is 10.0. The first-order valence-electron chi connectivity index (χ1n) is 5.87. The lowest BCUT2D eigenvalue weighted by Gasteiger charge is -2.22. The predicted molar refractivity (Wildman–Crippen MR) is 69.5 cm³/mol. The third kappa shape index (κ3) is 3.32. The average molecular weight is 249 g/mol. The van der Waals surface area contributed by atoms with E-state index in [0.717, 1.165) is 16.7 Å². The van der Waals surface area contributed by atoms with Gasteiger partial charge in [-0.25, -0.2) is 4.79 Å². The van der Waals surface area contributed by atoms with E-state index >= 15 is 0 Å². The summed E-state index contributed by atoms with van der Waals surface area (Å²) >= 11 is 0. The maximum Gasteiger partial charge on any atom is 0.326 e. The molecule has 1 N–H and O–H groups in total. The molecular formula is C14H19NO3. The van der Waals surface area contributed by atoms with Crippen LogP contribution in [-0.4, -0.2) is 35.0 Å². The summed E-state index contributed by atoms with van der Waals surface area (Å²) in [4.78, 5) is 24.1. The number of hydrogen-bond acceptors (Lipinski definition) is 2. The van der Waals surface area contributed by atoms with Crippen molar-refractivity contribution >= 4 is 11.9 Å². The van der Waals surface area contributed by atoms with Crippen LogP contribution < -0.4 is 0 Å². The molecule has 0 bridgehead atoms. The standard InChI is InChI=1S/C14H19NO3/c1-9-5-6-10(2)12(7-9)8-13(16)15(4)11(3)14(17)18/h5-7,11H,8H2,1-4H3,(H,17,18). The second-order valence-electron chi connectivity index (χ2n) is 4.63. The third-order valence-corrected chi connectivity index (χ3v) is 3.18. The van der Waals surface area contributed by atoms with Gasteiger partial charge in [0.2, 0.25) is 5.91 Å². The Hall–Kier alpha value is -1.84. The number of amides is 1. The molecule has 18 heavy (non-hydrogen) atoms. The quantitative estimate of drug-likeness (QED) is 0.884. The van der Waals surface area contributed by atoms with Crippen molar-refractivity contribution in [1.29, 1.82) is 0 Å². The molecule has 4 nitrogen and oxygen atoms in total. The van der Waals surface area contributed by atoms with Crippen LogP contribution in [0.5, 0.6) is 0 Å². The zero-order chi connectivity index (χ0) is 13.9. The van der Waals surface area contributed by atoms with Crippen molar-refractivity contribution in [2.75, 3.05) is 7.05 Å². The average Bonchev–Trinajstić information content (AvgIpc) is 2.31. The highest BCUT2D eigenvalue weighted by Crippen LogP contribution is 2.13. The molecular weight excluding hydrogens is 230 g/mol. The van der Waals surface area contributed by atoms with Crippen LogP contribution in [0.4, 0.5) is 0 Å². The lowest BCUT2D eigenvalue weighted by Crippen LogP contribution is -2.41. The molecule has 1 amide bonds. The number of carbonyl (C=O) groups excluding carboxylic acids is 1. The van der Waals surface area contributed by atoms with Gasteiger partial charge >= 0.3 is 5.97 Å². The van der Waals surface area contributed by atoms with Crippen molar-refractivity contribution in [3.63, 3.8) is 0 Å². The van der Waals surface area contributed by atoms with Crippen molar-refractivity contribution in [2.24, 2.45) is 0 Å². The van der Waals surface area contributed by atoms with Gasteiger partial charge in [-0.3, -0.25) is 4.79 Å². The number of nitrogens with zero attached hydrogens (tertiary/aromatic N) is 1. The predicted octanol–water partition coefficient (Wildman–Crippen LogP) is 1.78. The molecule has 4 heteroatoms. The Labute approximate surface area is 107 Å². The number of carbonyl (C=O) groups is 2. The minimum absolute atomic E-state index is 0.182. The van der Waals surface area contributed by atoms with E-state index in [1.807, 2.05) is 32.0 Å². The van der Waals surface area contributed by atoms with E-state index in [2.05, 4.69) is 0 Å². The van der Waals surface area contributed by atoms with E-state index in [-0.39, 0.29) is 12.3 Å². The minimum atomic E-state index is -0.994. The lowest BCUT2D eigenvalue weighted by molar-refractivity contribution is -0.148. The molecule has 1 rings (SSSR count). The van der Waals surface area contributed by atoms with Crippen LogP contribution in [0.1, 0.15) is 23.6 Å². The summed E-state index contributed by atoms with van der Waals surface area (Å²) in [6.45, 7) is 5.42. The molecule has 0 saturated heterocycles. The number of likely N-dealkylation sites (N-methyl/N-ethyl adjacent to an activating group) is 1. The maximum atomic E-state index is 12.0. The highest BCUT2D eigenvalue weighted by molar-refractivity contribution is 5.84. The van der Waals surface area contributed by atoms with Gasteiger partial charge in [0, 0.05) is 7.05 Å². The molecule has 0 aliphatic carbocycles. The second-order valence-corrected chi connectivity index (χ2v) is 4.63. The Bertz CT molecular complexity index is 468. The Morgan fingerprint density at radius 3 is 2.50 bits per heavy atom. The van der Waals surface area contributed by atoms with Gasteiger partial charge < -0.3 is 10.0 Å². The summed E-state index contributed by atoms with van der Waals surface area (Å²) in [5.74, 6) is -1.18. The van der Waals surface area contributed by atoms with Crippen molar-refractivity contribution < 1.29 is 14.7 Å². The molecule has 1 aromatic carbocycles. The summed E-state index contributed by atoms with van der Waals surface area (Å²) in [6, 6.07) is 5.13. The summed E-state index contributed by atoms with van der Waals surface area (Å²) < 4.78 is 0. The largest absolute Gasteiger partial charge is 0.480 e. The number of aliphatic carboxylic acids is 1. The molecule has 98 valence electrons. The van der Waals surface area contributed by atoms with Crippen LogP contribution in [0.3, 0.4) is 0 Å². The zero-order valence-electron chi connectivity index (χ0n) is 11.2. The Morgan fingerprint density at radius 1 is 1.33 bits per heavy atom. The van der Waals surface area contributed by atoms with Crippen molar-refractivity contribution in [3.05, 3.63) is 34.9 Å². The van der Waals surface area contributed by atoms with Gasteiger partial charge in [-0.2, -0.15) is 0 Å². The monoisotopic (exact) mass is 249 g/mol. The van der Waals surface area contributed by atoms with Gasteiger partial charge in [0.1, 0.15) is 6.04 Å². The molecule has 1 atom stereocenters. The second kappa shape index (κ2) is 5.67. The number of carboxylic acid groups (broad SMARTS) is 1. The molecule has 0 aliphatic rings. The number of rotatable bonds is 4. The minimum Gasteiger partial charge on any atom is -0.480 e. The van der Waals surface area contributed by atoms with Crippen molar-refractivity contribution in [3.8, 4) is 0 Å². The third-order valence-electron chi connectivity index (χ3n) is 3.18. The number of hydrogen-bond donors (Lipinski definition) is 1. The van der Waals surface area contributed by atoms with Crippen molar-refractivity contribution in [1.82, 2.24) is 4.90 Å². The fourth-order valence-electron chi connectivity index (χ4n) is 1.66. The van der Waals surface area contributed by atoms with Gasteiger partial charge in [-0.1, -0.05) is 23.8 Å². The fraction of sp³-hybridized carbons (Fsp3) is 0.429. The number of benzene rings is 1. The molecule has 0 fully saturated rings. The smallest absolute Gasteiger partial charge is 0.326 e. The molecule has 0 heterocycles. The van der Waals surface area contributed by atoms with Crippen LogP contribution in [-0.2, 0) is 16.0 Å². The highest BCUT2D eigenvalue weighted by Gasteiger charge is 2.21. The van der Waals surface area contributed by atoms with Gasteiger partial charge in [-0.05, 0) is 31.9 Å². The zero-order valence-corrected chi connectivity index (χ0v) is 11.2. The van der Waals surface area contributed by atoms with Gasteiger partial charge in [0.05, 0.1) is 6.42 Å². The molecule has 0 spiro atoms. The Balaban J connectivity index is 2.81. The summed E-state index contributed by atoms with van der Waals surface area (Å²) in [5, 5.41) is 8.87. The molecule has 1 aromatic rings. The van der Waals surface area contributed by atoms with Gasteiger partial charge in [0.25, 0.3) is 0 Å². The van der Waals surface area contributed by atoms with Crippen LogP contribution in [0, 0.1) is 13.8 Å². The number of carboxylic acids is 1. The Morgan fingerprint density at radius 2 is 1.94 bits per heavy atom. The molecule has 0 aliphatic heterocycles. The van der Waals surface area contributed by atoms with E-state index in [0.29, 0.717) is 0 Å². The highest BCUT2D eigenvalue weighted by atomic mass is 16.4. The van der Waals surface area contributed by atoms with Crippen molar-refractivity contribution in [2.45, 2.75) is 33.2 Å². The van der Waals surface area contributed by atoms with Gasteiger partial charge in [0.15, 0.2) is 0 Å². The summed E-state index contributed by atoms with van der Waals surface area (Å²) in [6.07, 6.45) is 0.238. The summed E-state index contributed by atoms with van der Waals surface area (Å²) in [7, 11) is 1.52. The SMILES string of the molecule is Cc1ccc(C)c(CC(=O)N(C)C(C)C(=O)O)c1. The van der Waals surface area contributed by atoms with E-state index in [1.165, 1.54) is 18.9 Å². The topological polar surface area (TPSA) is 57.6 Å². The number of aryl methyl sites for hydroxylation is 2. The summed E-state index contributed by atoms with van der Waals surface area (Å²) in [5.41, 5.74) is 3.09. The van der Waals surface area contributed by atoms with Crippen LogP contribution in [0.25, 0.3) is 0 Å². The van der Waals surface area contributed by atoms with Crippen LogP contribution in [0.2, 0.25) is 0 Å². The van der Waals surface area contributed by atoms with E-state index in [1.54, 1.807) is 0 Å². The Kier molecular flexibility index (Phi) is 4.48. The van der Waals surface area contributed by atoms with Crippen LogP contribution >= 0.6 is 0 Å². The van der Waals surface area contributed by atoms with E-state index in [9.17, 15) is 9.59 Å². The molecule has 1 unspecified atom stereocenters. The fourth-order valence-corrected chi connectivity index (χ4v) is 1.66. The molecule has 0 saturated carbocycles. The first-order valence-corrected chi connectivity index (χ1v) is 5.87. The molecule has 0 radical (unpaired) electrons. The van der Waals surface area contributed by atoms with E-state index < -0.39 is 12.0 Å². The van der Waals surface area contributed by atoms with Crippen LogP contribution in [0.15, 0.2) is 18.2 Å². The van der Waals surface area contributed by atoms with Gasteiger partial charge in [-0.15, -0.1) is 0 Å².